The van der Waals surface area contributed by atoms with Gasteiger partial charge in [0.25, 0.3) is 0 Å². The summed E-state index contributed by atoms with van der Waals surface area (Å²) >= 11 is 1.72. The molecule has 0 atom stereocenters. The lowest BCUT2D eigenvalue weighted by atomic mass is 9.71. The topological polar surface area (TPSA) is 40.5 Å². The molecule has 1 aliphatic heterocycles. The summed E-state index contributed by atoms with van der Waals surface area (Å²) in [6.07, 6.45) is 6.78. The lowest BCUT2D eigenvalue weighted by molar-refractivity contribution is -0.140. The molecule has 0 unspecified atom stereocenters. The van der Waals surface area contributed by atoms with Crippen molar-refractivity contribution >= 4 is 17.2 Å². The summed E-state index contributed by atoms with van der Waals surface area (Å²) in [6.45, 7) is 1.43. The van der Waals surface area contributed by atoms with E-state index in [0.717, 1.165) is 38.5 Å². The van der Waals surface area contributed by atoms with Gasteiger partial charge in [-0.25, -0.2) is 0 Å². The van der Waals surface area contributed by atoms with Crippen molar-refractivity contribution in [1.82, 2.24) is 4.90 Å². The summed E-state index contributed by atoms with van der Waals surface area (Å²) in [5, 5.41) is 11.7. The highest BCUT2D eigenvalue weighted by Crippen LogP contribution is 2.43. The number of carbonyl (C=O) groups excluding carboxylic acids is 1. The molecule has 1 aliphatic carbocycles. The molecule has 0 aromatic carbocycles. The Morgan fingerprint density at radius 1 is 1.25 bits per heavy atom. The Labute approximate surface area is 124 Å². The third-order valence-corrected chi connectivity index (χ3v) is 5.93. The zero-order valence-electron chi connectivity index (χ0n) is 11.9. The highest BCUT2D eigenvalue weighted by molar-refractivity contribution is 7.10. The first kappa shape index (κ1) is 14.1. The maximum atomic E-state index is 13.1. The minimum Gasteiger partial charge on any atom is -0.393 e. The van der Waals surface area contributed by atoms with Gasteiger partial charge in [-0.2, -0.15) is 0 Å². The fourth-order valence-corrected chi connectivity index (χ4v) is 4.62. The molecular weight excluding hydrogens is 270 g/mol. The van der Waals surface area contributed by atoms with E-state index in [1.165, 1.54) is 11.3 Å². The van der Waals surface area contributed by atoms with E-state index in [-0.39, 0.29) is 11.5 Å². The third kappa shape index (κ3) is 2.51. The average Bonchev–Trinajstić information content (AvgIpc) is 3.03. The second-order valence-electron chi connectivity index (χ2n) is 6.14. The highest BCUT2D eigenvalue weighted by atomic mass is 32.1. The Morgan fingerprint density at radius 3 is 2.55 bits per heavy atom. The first-order valence-electron chi connectivity index (χ1n) is 7.74. The van der Waals surface area contributed by atoms with E-state index in [1.54, 1.807) is 11.3 Å². The monoisotopic (exact) mass is 293 g/mol. The van der Waals surface area contributed by atoms with E-state index in [1.807, 2.05) is 4.90 Å². The van der Waals surface area contributed by atoms with Crippen LogP contribution in [0.5, 0.6) is 0 Å². The first-order chi connectivity index (χ1) is 9.72. The number of hydrogen-bond donors (Lipinski definition) is 1. The Balaban J connectivity index is 1.84. The Morgan fingerprint density at radius 2 is 1.95 bits per heavy atom. The van der Waals surface area contributed by atoms with Crippen molar-refractivity contribution in [2.24, 2.45) is 0 Å². The number of hydrogen-bond acceptors (Lipinski definition) is 3. The van der Waals surface area contributed by atoms with Crippen molar-refractivity contribution in [3.05, 3.63) is 22.4 Å². The number of aliphatic hydroxyl groups is 1. The van der Waals surface area contributed by atoms with E-state index in [0.29, 0.717) is 19.0 Å². The second-order valence-corrected chi connectivity index (χ2v) is 7.09. The normalized spacial score (nSPS) is 23.8. The van der Waals surface area contributed by atoms with Gasteiger partial charge in [-0.15, -0.1) is 11.3 Å². The fourth-order valence-electron chi connectivity index (χ4n) is 3.64. The number of aliphatic hydroxyl groups excluding tert-OH is 1. The van der Waals surface area contributed by atoms with E-state index in [2.05, 4.69) is 17.5 Å². The minimum absolute atomic E-state index is 0.219. The number of thiophene rings is 1. The standard InChI is InChI=1S/C16H23NO2S/c18-13-6-10-17(11-7-13)15(19)16(8-2-1-3-9-16)14-5-4-12-20-14/h4-5,12-13,18H,1-3,6-11H2. The van der Waals surface area contributed by atoms with Gasteiger partial charge >= 0.3 is 0 Å². The molecule has 2 heterocycles. The van der Waals surface area contributed by atoms with Crippen molar-refractivity contribution in [2.75, 3.05) is 13.1 Å². The SMILES string of the molecule is O=C(N1CCC(O)CC1)C1(c2cccs2)CCCCC1. The van der Waals surface area contributed by atoms with Crippen LogP contribution < -0.4 is 0 Å². The molecule has 0 spiro atoms. The molecule has 110 valence electrons. The van der Waals surface area contributed by atoms with E-state index >= 15 is 0 Å². The lowest BCUT2D eigenvalue weighted by Gasteiger charge is -2.41. The van der Waals surface area contributed by atoms with Crippen LogP contribution in [-0.2, 0) is 10.2 Å². The fraction of sp³-hybridized carbons (Fsp3) is 0.688. The number of rotatable bonds is 2. The molecule has 1 amide bonds. The lowest BCUT2D eigenvalue weighted by Crippen LogP contribution is -2.50. The van der Waals surface area contributed by atoms with Gasteiger partial charge in [-0.05, 0) is 37.1 Å². The van der Waals surface area contributed by atoms with Crippen LogP contribution in [0.4, 0.5) is 0 Å². The molecule has 0 radical (unpaired) electrons. The second kappa shape index (κ2) is 5.86. The van der Waals surface area contributed by atoms with E-state index in [4.69, 9.17) is 0 Å². The molecule has 1 aromatic heterocycles. The number of likely N-dealkylation sites (tertiary alicyclic amines) is 1. The first-order valence-corrected chi connectivity index (χ1v) is 8.62. The van der Waals surface area contributed by atoms with Gasteiger partial charge in [0.2, 0.25) is 5.91 Å². The van der Waals surface area contributed by atoms with Crippen molar-refractivity contribution in [3.63, 3.8) is 0 Å². The van der Waals surface area contributed by atoms with Crippen LogP contribution in [0.15, 0.2) is 17.5 Å². The van der Waals surface area contributed by atoms with Gasteiger partial charge < -0.3 is 10.0 Å². The van der Waals surface area contributed by atoms with Crippen LogP contribution in [-0.4, -0.2) is 35.1 Å². The molecule has 4 heteroatoms. The Hall–Kier alpha value is -0.870. The van der Waals surface area contributed by atoms with Gasteiger partial charge in [0.05, 0.1) is 11.5 Å². The third-order valence-electron chi connectivity index (χ3n) is 4.86. The van der Waals surface area contributed by atoms with Gasteiger partial charge in [0.1, 0.15) is 0 Å². The van der Waals surface area contributed by atoms with Gasteiger partial charge in [0.15, 0.2) is 0 Å². The number of amides is 1. The maximum absolute atomic E-state index is 13.1. The molecule has 1 N–H and O–H groups in total. The molecule has 3 rings (SSSR count). The molecule has 1 saturated heterocycles. The van der Waals surface area contributed by atoms with Crippen molar-refractivity contribution < 1.29 is 9.90 Å². The molecular formula is C16H23NO2S. The predicted octanol–water partition coefficient (Wildman–Crippen LogP) is 2.93. The number of piperidine rings is 1. The number of nitrogens with zero attached hydrogens (tertiary/aromatic N) is 1. The highest BCUT2D eigenvalue weighted by Gasteiger charge is 2.44. The maximum Gasteiger partial charge on any atom is 0.234 e. The summed E-state index contributed by atoms with van der Waals surface area (Å²) in [6, 6.07) is 4.19. The van der Waals surface area contributed by atoms with Crippen molar-refractivity contribution in [3.8, 4) is 0 Å². The zero-order chi connectivity index (χ0) is 14.0. The average molecular weight is 293 g/mol. The number of carbonyl (C=O) groups is 1. The van der Waals surface area contributed by atoms with Crippen LogP contribution in [0.25, 0.3) is 0 Å². The molecule has 20 heavy (non-hydrogen) atoms. The van der Waals surface area contributed by atoms with Crippen LogP contribution in [0.2, 0.25) is 0 Å². The largest absolute Gasteiger partial charge is 0.393 e. The summed E-state index contributed by atoms with van der Waals surface area (Å²) in [7, 11) is 0. The van der Waals surface area contributed by atoms with E-state index in [9.17, 15) is 9.90 Å². The van der Waals surface area contributed by atoms with Crippen LogP contribution in [0.1, 0.15) is 49.8 Å². The zero-order valence-corrected chi connectivity index (χ0v) is 12.7. The molecule has 0 bridgehead atoms. The summed E-state index contributed by atoms with van der Waals surface area (Å²) in [5.41, 5.74) is -0.269. The quantitative estimate of drug-likeness (QED) is 0.911. The Kier molecular flexibility index (Phi) is 4.13. The molecule has 3 nitrogen and oxygen atoms in total. The summed E-state index contributed by atoms with van der Waals surface area (Å²) < 4.78 is 0. The van der Waals surface area contributed by atoms with Crippen molar-refractivity contribution in [2.45, 2.75) is 56.5 Å². The van der Waals surface area contributed by atoms with Gasteiger partial charge in [0, 0.05) is 18.0 Å². The smallest absolute Gasteiger partial charge is 0.234 e. The van der Waals surface area contributed by atoms with Crippen LogP contribution >= 0.6 is 11.3 Å². The van der Waals surface area contributed by atoms with Gasteiger partial charge in [-0.1, -0.05) is 25.3 Å². The predicted molar refractivity (Wildman–Crippen MR) is 80.9 cm³/mol. The molecule has 1 aromatic rings. The Bertz CT molecular complexity index is 443. The van der Waals surface area contributed by atoms with Crippen LogP contribution in [0, 0.1) is 0 Å². The summed E-state index contributed by atoms with van der Waals surface area (Å²) in [4.78, 5) is 16.4. The summed E-state index contributed by atoms with van der Waals surface area (Å²) in [5.74, 6) is 0.312. The minimum atomic E-state index is -0.269. The molecule has 2 aliphatic rings. The molecule has 1 saturated carbocycles. The van der Waals surface area contributed by atoms with Gasteiger partial charge in [-0.3, -0.25) is 4.79 Å². The molecule has 2 fully saturated rings. The van der Waals surface area contributed by atoms with Crippen molar-refractivity contribution in [1.29, 1.82) is 0 Å². The van der Waals surface area contributed by atoms with Crippen LogP contribution in [0.3, 0.4) is 0 Å². The van der Waals surface area contributed by atoms with E-state index < -0.39 is 0 Å².